The van der Waals surface area contributed by atoms with Gasteiger partial charge in [-0.3, -0.25) is 4.79 Å². The van der Waals surface area contributed by atoms with E-state index in [1.54, 1.807) is 41.2 Å². The molecule has 1 N–H and O–H groups in total. The lowest BCUT2D eigenvalue weighted by Crippen LogP contribution is -2.17. The van der Waals surface area contributed by atoms with Gasteiger partial charge in [-0.1, -0.05) is 25.4 Å². The molecule has 1 amide bonds. The lowest BCUT2D eigenvalue weighted by atomic mass is 10.2. The van der Waals surface area contributed by atoms with Crippen molar-refractivity contribution in [1.29, 1.82) is 0 Å². The summed E-state index contributed by atoms with van der Waals surface area (Å²) in [6.07, 6.45) is 1.68. The van der Waals surface area contributed by atoms with Crippen LogP contribution in [0.3, 0.4) is 0 Å². The van der Waals surface area contributed by atoms with Crippen molar-refractivity contribution >= 4 is 34.7 Å². The summed E-state index contributed by atoms with van der Waals surface area (Å²) < 4.78 is 7.50. The monoisotopic (exact) mass is 404 g/mol. The van der Waals surface area contributed by atoms with E-state index in [4.69, 9.17) is 16.3 Å². The summed E-state index contributed by atoms with van der Waals surface area (Å²) in [5.74, 6) is 1.63. The zero-order valence-electron chi connectivity index (χ0n) is 15.4. The number of anilines is 1. The molecule has 0 aliphatic heterocycles. The van der Waals surface area contributed by atoms with Crippen LogP contribution in [0.25, 0.3) is 0 Å². The van der Waals surface area contributed by atoms with Crippen molar-refractivity contribution in [3.63, 3.8) is 0 Å². The first-order chi connectivity index (χ1) is 12.9. The molecule has 0 spiro atoms. The van der Waals surface area contributed by atoms with E-state index in [0.29, 0.717) is 39.7 Å². The molecule has 0 saturated heterocycles. The van der Waals surface area contributed by atoms with Gasteiger partial charge < -0.3 is 10.1 Å². The highest BCUT2D eigenvalue weighted by Crippen LogP contribution is 2.22. The highest BCUT2D eigenvalue weighted by molar-refractivity contribution is 7.13. The van der Waals surface area contributed by atoms with Crippen molar-refractivity contribution in [3.05, 3.63) is 57.1 Å². The molecule has 0 aliphatic carbocycles. The Labute approximate surface area is 167 Å². The van der Waals surface area contributed by atoms with Crippen molar-refractivity contribution in [3.8, 4) is 5.75 Å². The van der Waals surface area contributed by atoms with Gasteiger partial charge >= 0.3 is 0 Å². The third-order valence-corrected chi connectivity index (χ3v) is 5.10. The van der Waals surface area contributed by atoms with E-state index in [-0.39, 0.29) is 5.91 Å². The molecule has 0 atom stereocenters. The minimum Gasteiger partial charge on any atom is -0.486 e. The van der Waals surface area contributed by atoms with Gasteiger partial charge in [-0.15, -0.1) is 11.3 Å². The van der Waals surface area contributed by atoms with E-state index in [1.807, 2.05) is 6.92 Å². The highest BCUT2D eigenvalue weighted by Gasteiger charge is 2.17. The molecule has 2 heterocycles. The molecule has 8 heteroatoms. The van der Waals surface area contributed by atoms with E-state index in [0.717, 1.165) is 11.6 Å². The number of ether oxygens (including phenoxy) is 1. The molecule has 0 radical (unpaired) electrons. The summed E-state index contributed by atoms with van der Waals surface area (Å²) in [6.45, 7) is 7.07. The summed E-state index contributed by atoms with van der Waals surface area (Å²) >= 11 is 7.20. The SMILES string of the molecule is Cc1nc(COc2ccc(Cl)cc2)sc1C(=O)Nc1ccnn1CC(C)C. The Balaban J connectivity index is 1.66. The standard InChI is InChI=1S/C19H21ClN4O2S/c1-12(2)10-24-16(8-9-21-24)23-19(25)18-13(3)22-17(27-18)11-26-15-6-4-14(20)5-7-15/h4-9,12H,10-11H2,1-3H3,(H,23,25). The van der Waals surface area contributed by atoms with Crippen LogP contribution in [0, 0.1) is 12.8 Å². The topological polar surface area (TPSA) is 69.0 Å². The smallest absolute Gasteiger partial charge is 0.268 e. The van der Waals surface area contributed by atoms with Crippen LogP contribution in [0.1, 0.15) is 34.2 Å². The first kappa shape index (κ1) is 19.4. The Bertz CT molecular complexity index is 918. The Morgan fingerprint density at radius 3 is 2.74 bits per heavy atom. The fourth-order valence-electron chi connectivity index (χ4n) is 2.50. The third kappa shape index (κ3) is 5.08. The van der Waals surface area contributed by atoms with E-state index >= 15 is 0 Å². The molecular weight excluding hydrogens is 384 g/mol. The van der Waals surface area contributed by atoms with E-state index in [2.05, 4.69) is 29.2 Å². The van der Waals surface area contributed by atoms with Crippen LogP contribution >= 0.6 is 22.9 Å². The minimum absolute atomic E-state index is 0.187. The second-order valence-electron chi connectivity index (χ2n) is 6.51. The zero-order valence-corrected chi connectivity index (χ0v) is 17.0. The summed E-state index contributed by atoms with van der Waals surface area (Å²) in [6, 6.07) is 8.92. The van der Waals surface area contributed by atoms with Crippen LogP contribution in [-0.2, 0) is 13.2 Å². The average molecular weight is 405 g/mol. The number of carbonyl (C=O) groups excluding carboxylic acids is 1. The van der Waals surface area contributed by atoms with Crippen molar-refractivity contribution in [1.82, 2.24) is 14.8 Å². The lowest BCUT2D eigenvalue weighted by Gasteiger charge is -2.10. The molecule has 142 valence electrons. The van der Waals surface area contributed by atoms with Crippen LogP contribution in [-0.4, -0.2) is 20.7 Å². The number of hydrogen-bond donors (Lipinski definition) is 1. The molecule has 1 aromatic carbocycles. The van der Waals surface area contributed by atoms with Gasteiger partial charge in [-0.05, 0) is 37.1 Å². The van der Waals surface area contributed by atoms with Gasteiger partial charge in [0.2, 0.25) is 0 Å². The second kappa shape index (κ2) is 8.54. The largest absolute Gasteiger partial charge is 0.486 e. The number of nitrogens with one attached hydrogen (secondary N) is 1. The number of carbonyl (C=O) groups is 1. The van der Waals surface area contributed by atoms with Crippen molar-refractivity contribution in [2.24, 2.45) is 5.92 Å². The molecule has 27 heavy (non-hydrogen) atoms. The number of benzene rings is 1. The van der Waals surface area contributed by atoms with Crippen LogP contribution in [0.4, 0.5) is 5.82 Å². The summed E-state index contributed by atoms with van der Waals surface area (Å²) in [7, 11) is 0. The quantitative estimate of drug-likeness (QED) is 0.614. The average Bonchev–Trinajstić information content (AvgIpc) is 3.20. The van der Waals surface area contributed by atoms with Gasteiger partial charge in [0.1, 0.15) is 28.1 Å². The van der Waals surface area contributed by atoms with E-state index < -0.39 is 0 Å². The van der Waals surface area contributed by atoms with Crippen LogP contribution in [0.5, 0.6) is 5.75 Å². The number of nitrogens with zero attached hydrogens (tertiary/aromatic N) is 3. The predicted octanol–water partition coefficient (Wildman–Crippen LogP) is 4.79. The molecule has 0 aliphatic rings. The van der Waals surface area contributed by atoms with Crippen molar-refractivity contribution in [2.45, 2.75) is 33.9 Å². The third-order valence-electron chi connectivity index (χ3n) is 3.72. The molecule has 6 nitrogen and oxygen atoms in total. The van der Waals surface area contributed by atoms with Gasteiger partial charge in [-0.2, -0.15) is 5.10 Å². The maximum atomic E-state index is 12.7. The van der Waals surface area contributed by atoms with Gasteiger partial charge in [0, 0.05) is 17.6 Å². The normalized spacial score (nSPS) is 11.0. The van der Waals surface area contributed by atoms with Crippen LogP contribution in [0.2, 0.25) is 5.02 Å². The first-order valence-electron chi connectivity index (χ1n) is 8.60. The van der Waals surface area contributed by atoms with Crippen LogP contribution < -0.4 is 10.1 Å². The van der Waals surface area contributed by atoms with Crippen LogP contribution in [0.15, 0.2) is 36.5 Å². The Hall–Kier alpha value is -2.38. The minimum atomic E-state index is -0.187. The van der Waals surface area contributed by atoms with Gasteiger partial charge in [0.25, 0.3) is 5.91 Å². The molecule has 0 saturated carbocycles. The Morgan fingerprint density at radius 2 is 2.04 bits per heavy atom. The molecule has 2 aromatic heterocycles. The van der Waals surface area contributed by atoms with Gasteiger partial charge in [-0.25, -0.2) is 9.67 Å². The fraction of sp³-hybridized carbons (Fsp3) is 0.316. The summed E-state index contributed by atoms with van der Waals surface area (Å²) in [5, 5.41) is 8.58. The number of amides is 1. The summed E-state index contributed by atoms with van der Waals surface area (Å²) in [5.41, 5.74) is 0.683. The molecule has 0 fully saturated rings. The Morgan fingerprint density at radius 1 is 1.30 bits per heavy atom. The molecular formula is C19H21ClN4O2S. The molecule has 0 unspecified atom stereocenters. The Kier molecular flexibility index (Phi) is 6.13. The van der Waals surface area contributed by atoms with Crippen molar-refractivity contribution < 1.29 is 9.53 Å². The maximum absolute atomic E-state index is 12.7. The first-order valence-corrected chi connectivity index (χ1v) is 9.79. The second-order valence-corrected chi connectivity index (χ2v) is 8.03. The molecule has 0 bridgehead atoms. The maximum Gasteiger partial charge on any atom is 0.268 e. The van der Waals surface area contributed by atoms with E-state index in [9.17, 15) is 4.79 Å². The van der Waals surface area contributed by atoms with Gasteiger partial charge in [0.15, 0.2) is 0 Å². The fourth-order valence-corrected chi connectivity index (χ4v) is 3.50. The highest BCUT2D eigenvalue weighted by atomic mass is 35.5. The molecule has 3 rings (SSSR count). The number of aromatic nitrogens is 3. The predicted molar refractivity (Wildman–Crippen MR) is 108 cm³/mol. The number of hydrogen-bond acceptors (Lipinski definition) is 5. The number of aryl methyl sites for hydroxylation is 1. The zero-order chi connectivity index (χ0) is 19.4. The summed E-state index contributed by atoms with van der Waals surface area (Å²) in [4.78, 5) is 17.7. The number of halogens is 1. The van der Waals surface area contributed by atoms with Crippen molar-refractivity contribution in [2.75, 3.05) is 5.32 Å². The van der Waals surface area contributed by atoms with Gasteiger partial charge in [0.05, 0.1) is 11.9 Å². The van der Waals surface area contributed by atoms with E-state index in [1.165, 1.54) is 11.3 Å². The number of rotatable bonds is 7. The molecule has 3 aromatic rings. The lowest BCUT2D eigenvalue weighted by molar-refractivity contribution is 0.102. The number of thiazole rings is 1.